The van der Waals surface area contributed by atoms with Crippen LogP contribution in [0.1, 0.15) is 22.3 Å². The Balaban J connectivity index is 2.36. The van der Waals surface area contributed by atoms with E-state index in [4.69, 9.17) is 5.73 Å². The Morgan fingerprint density at radius 3 is 2.65 bits per heavy atom. The standard InChI is InChI=1S/C14H15FN2/c1-9-5-10(2)12(13(15)6-9)7-11-3-4-17-14(16)8-11/h3-6,8H,7H2,1-2H3,(H2,16,17). The molecule has 0 fully saturated rings. The minimum absolute atomic E-state index is 0.155. The fraction of sp³-hybridized carbons (Fsp3) is 0.214. The van der Waals surface area contributed by atoms with E-state index in [2.05, 4.69) is 4.98 Å². The van der Waals surface area contributed by atoms with Crippen molar-refractivity contribution < 1.29 is 4.39 Å². The lowest BCUT2D eigenvalue weighted by molar-refractivity contribution is 0.611. The molecule has 2 N–H and O–H groups in total. The van der Waals surface area contributed by atoms with Crippen molar-refractivity contribution in [3.63, 3.8) is 0 Å². The molecular weight excluding hydrogens is 215 g/mol. The molecule has 17 heavy (non-hydrogen) atoms. The van der Waals surface area contributed by atoms with Gasteiger partial charge < -0.3 is 5.73 Å². The number of aromatic nitrogens is 1. The van der Waals surface area contributed by atoms with Gasteiger partial charge in [0.2, 0.25) is 0 Å². The third kappa shape index (κ3) is 2.61. The Kier molecular flexibility index (Phi) is 3.09. The third-order valence-electron chi connectivity index (χ3n) is 2.79. The van der Waals surface area contributed by atoms with Crippen molar-refractivity contribution in [2.24, 2.45) is 0 Å². The van der Waals surface area contributed by atoms with E-state index in [1.807, 2.05) is 26.0 Å². The number of pyridine rings is 1. The predicted molar refractivity (Wildman–Crippen MR) is 67.3 cm³/mol. The van der Waals surface area contributed by atoms with Gasteiger partial charge in [0.25, 0.3) is 0 Å². The number of anilines is 1. The minimum Gasteiger partial charge on any atom is -0.384 e. The largest absolute Gasteiger partial charge is 0.384 e. The van der Waals surface area contributed by atoms with E-state index in [9.17, 15) is 4.39 Å². The number of hydrogen-bond donors (Lipinski definition) is 1. The fourth-order valence-corrected chi connectivity index (χ4v) is 1.98. The van der Waals surface area contributed by atoms with E-state index < -0.39 is 0 Å². The van der Waals surface area contributed by atoms with Crippen LogP contribution < -0.4 is 5.73 Å². The second kappa shape index (κ2) is 4.53. The highest BCUT2D eigenvalue weighted by Gasteiger charge is 2.08. The molecule has 0 bridgehead atoms. The van der Waals surface area contributed by atoms with Gasteiger partial charge in [-0.3, -0.25) is 0 Å². The Morgan fingerprint density at radius 2 is 2.00 bits per heavy atom. The van der Waals surface area contributed by atoms with Gasteiger partial charge >= 0.3 is 0 Å². The van der Waals surface area contributed by atoms with E-state index in [0.29, 0.717) is 12.2 Å². The molecule has 0 aliphatic rings. The van der Waals surface area contributed by atoms with E-state index in [1.54, 1.807) is 18.3 Å². The van der Waals surface area contributed by atoms with Crippen molar-refractivity contribution in [1.82, 2.24) is 4.98 Å². The normalized spacial score (nSPS) is 10.5. The van der Waals surface area contributed by atoms with Crippen molar-refractivity contribution in [2.75, 3.05) is 5.73 Å². The van der Waals surface area contributed by atoms with Crippen LogP contribution in [-0.2, 0) is 6.42 Å². The summed E-state index contributed by atoms with van der Waals surface area (Å²) in [5.74, 6) is 0.311. The van der Waals surface area contributed by atoms with Gasteiger partial charge in [-0.05, 0) is 54.3 Å². The number of aryl methyl sites for hydroxylation is 2. The first-order valence-corrected chi connectivity index (χ1v) is 5.52. The molecule has 88 valence electrons. The average Bonchev–Trinajstić information content (AvgIpc) is 2.23. The van der Waals surface area contributed by atoms with Crippen molar-refractivity contribution in [2.45, 2.75) is 20.3 Å². The highest BCUT2D eigenvalue weighted by molar-refractivity contribution is 5.39. The summed E-state index contributed by atoms with van der Waals surface area (Å²) < 4.78 is 13.9. The molecule has 0 radical (unpaired) electrons. The van der Waals surface area contributed by atoms with Crippen LogP contribution in [0.15, 0.2) is 30.5 Å². The van der Waals surface area contributed by atoms with Crippen molar-refractivity contribution >= 4 is 5.82 Å². The maximum Gasteiger partial charge on any atom is 0.127 e. The molecule has 1 aromatic heterocycles. The maximum absolute atomic E-state index is 13.9. The predicted octanol–water partition coefficient (Wildman–Crippen LogP) is 3.01. The van der Waals surface area contributed by atoms with Crippen LogP contribution in [-0.4, -0.2) is 4.98 Å². The molecule has 2 rings (SSSR count). The second-order valence-corrected chi connectivity index (χ2v) is 4.31. The number of nitrogens with zero attached hydrogens (tertiary/aromatic N) is 1. The molecule has 1 heterocycles. The summed E-state index contributed by atoms with van der Waals surface area (Å²) in [6.07, 6.45) is 2.19. The first-order valence-electron chi connectivity index (χ1n) is 5.52. The number of halogens is 1. The molecule has 0 saturated heterocycles. The SMILES string of the molecule is Cc1cc(C)c(Cc2ccnc(N)c2)c(F)c1. The van der Waals surface area contributed by atoms with Gasteiger partial charge in [0.1, 0.15) is 11.6 Å². The van der Waals surface area contributed by atoms with E-state index in [-0.39, 0.29) is 5.82 Å². The Bertz CT molecular complexity index is 527. The second-order valence-electron chi connectivity index (χ2n) is 4.31. The molecule has 0 aliphatic carbocycles. The van der Waals surface area contributed by atoms with Crippen LogP contribution in [0.4, 0.5) is 10.2 Å². The number of benzene rings is 1. The van der Waals surface area contributed by atoms with Crippen LogP contribution in [0.2, 0.25) is 0 Å². The molecule has 0 aliphatic heterocycles. The van der Waals surface area contributed by atoms with Crippen molar-refractivity contribution in [1.29, 1.82) is 0 Å². The molecule has 0 spiro atoms. The van der Waals surface area contributed by atoms with Crippen LogP contribution in [0.25, 0.3) is 0 Å². The van der Waals surface area contributed by atoms with Crippen LogP contribution >= 0.6 is 0 Å². The number of hydrogen-bond acceptors (Lipinski definition) is 2. The molecule has 0 unspecified atom stereocenters. The zero-order valence-corrected chi connectivity index (χ0v) is 10.00. The lowest BCUT2D eigenvalue weighted by Crippen LogP contribution is -1.99. The quantitative estimate of drug-likeness (QED) is 0.861. The van der Waals surface area contributed by atoms with Gasteiger partial charge in [0.05, 0.1) is 0 Å². The maximum atomic E-state index is 13.9. The molecule has 0 saturated carbocycles. The summed E-state index contributed by atoms with van der Waals surface area (Å²) in [5, 5.41) is 0. The molecule has 0 atom stereocenters. The molecule has 3 heteroatoms. The number of rotatable bonds is 2. The van der Waals surface area contributed by atoms with Gasteiger partial charge in [-0.2, -0.15) is 0 Å². The highest BCUT2D eigenvalue weighted by atomic mass is 19.1. The zero-order valence-electron chi connectivity index (χ0n) is 10.00. The Morgan fingerprint density at radius 1 is 1.24 bits per heavy atom. The topological polar surface area (TPSA) is 38.9 Å². The fourth-order valence-electron chi connectivity index (χ4n) is 1.98. The Labute approximate surface area is 100 Å². The molecule has 0 amide bonds. The molecule has 1 aromatic carbocycles. The molecule has 2 aromatic rings. The molecular formula is C14H15FN2. The summed E-state index contributed by atoms with van der Waals surface area (Å²) in [6, 6.07) is 7.18. The molecule has 2 nitrogen and oxygen atoms in total. The van der Waals surface area contributed by atoms with Gasteiger partial charge in [0.15, 0.2) is 0 Å². The summed E-state index contributed by atoms with van der Waals surface area (Å²) in [5.41, 5.74) is 9.22. The van der Waals surface area contributed by atoms with Crippen LogP contribution in [0.3, 0.4) is 0 Å². The minimum atomic E-state index is -0.155. The average molecular weight is 230 g/mol. The van der Waals surface area contributed by atoms with Crippen molar-refractivity contribution in [3.05, 3.63) is 58.5 Å². The van der Waals surface area contributed by atoms with E-state index in [1.165, 1.54) is 0 Å². The summed E-state index contributed by atoms with van der Waals surface area (Å²) >= 11 is 0. The first-order chi connectivity index (χ1) is 8.06. The smallest absolute Gasteiger partial charge is 0.127 e. The van der Waals surface area contributed by atoms with Crippen LogP contribution in [0, 0.1) is 19.7 Å². The Hall–Kier alpha value is -1.90. The van der Waals surface area contributed by atoms with Gasteiger partial charge in [0, 0.05) is 12.6 Å². The van der Waals surface area contributed by atoms with E-state index >= 15 is 0 Å². The summed E-state index contributed by atoms with van der Waals surface area (Å²) in [6.45, 7) is 3.82. The third-order valence-corrected chi connectivity index (χ3v) is 2.79. The van der Waals surface area contributed by atoms with Crippen molar-refractivity contribution in [3.8, 4) is 0 Å². The van der Waals surface area contributed by atoms with Gasteiger partial charge in [-0.15, -0.1) is 0 Å². The lowest BCUT2D eigenvalue weighted by Gasteiger charge is -2.09. The zero-order chi connectivity index (χ0) is 12.4. The first kappa shape index (κ1) is 11.6. The van der Waals surface area contributed by atoms with Crippen LogP contribution in [0.5, 0.6) is 0 Å². The number of nitrogen functional groups attached to an aromatic ring is 1. The lowest BCUT2D eigenvalue weighted by atomic mass is 9.99. The summed E-state index contributed by atoms with van der Waals surface area (Å²) in [4.78, 5) is 3.92. The van der Waals surface area contributed by atoms with E-state index in [0.717, 1.165) is 22.3 Å². The highest BCUT2D eigenvalue weighted by Crippen LogP contribution is 2.19. The van der Waals surface area contributed by atoms with Gasteiger partial charge in [-0.25, -0.2) is 9.37 Å². The van der Waals surface area contributed by atoms with Gasteiger partial charge in [-0.1, -0.05) is 6.07 Å². The number of nitrogens with two attached hydrogens (primary N) is 1. The summed E-state index contributed by atoms with van der Waals surface area (Å²) in [7, 11) is 0. The monoisotopic (exact) mass is 230 g/mol.